The Kier molecular flexibility index (Phi) is 5.24. The molecule has 2 fully saturated rings. The molecule has 1 unspecified atom stereocenters. The zero-order chi connectivity index (χ0) is 13.7. The second-order valence-corrected chi connectivity index (χ2v) is 5.45. The molecule has 106 valence electrons. The first kappa shape index (κ1) is 14.4. The molecular formula is C15H25N3O. The van der Waals surface area contributed by atoms with Gasteiger partial charge in [-0.15, -0.1) is 5.92 Å². The normalized spacial score (nSPS) is 22.9. The minimum atomic E-state index is 0.0394. The standard InChI is InChI=1S/C15H25N3O/c1-3-4-7-16-10-12-17(13-11-16)14(2)15(19)18-8-5-6-9-18/h14H,5-13H2,1-2H3. The molecule has 0 bridgehead atoms. The summed E-state index contributed by atoms with van der Waals surface area (Å²) in [6.07, 6.45) is 2.34. The molecule has 19 heavy (non-hydrogen) atoms. The second-order valence-electron chi connectivity index (χ2n) is 5.45. The van der Waals surface area contributed by atoms with E-state index in [-0.39, 0.29) is 6.04 Å². The van der Waals surface area contributed by atoms with Crippen LogP contribution in [0.2, 0.25) is 0 Å². The average molecular weight is 263 g/mol. The first-order valence-corrected chi connectivity index (χ1v) is 7.37. The van der Waals surface area contributed by atoms with Gasteiger partial charge >= 0.3 is 0 Å². The van der Waals surface area contributed by atoms with Gasteiger partial charge < -0.3 is 4.90 Å². The molecule has 0 radical (unpaired) electrons. The van der Waals surface area contributed by atoms with Crippen LogP contribution >= 0.6 is 0 Å². The summed E-state index contributed by atoms with van der Waals surface area (Å²) >= 11 is 0. The van der Waals surface area contributed by atoms with Crippen LogP contribution in [-0.2, 0) is 4.79 Å². The number of hydrogen-bond donors (Lipinski definition) is 0. The predicted molar refractivity (Wildman–Crippen MR) is 76.7 cm³/mol. The minimum absolute atomic E-state index is 0.0394. The van der Waals surface area contributed by atoms with E-state index in [9.17, 15) is 4.79 Å². The SMILES string of the molecule is CC#CCN1CCN(C(C)C(=O)N2CCCC2)CC1. The fourth-order valence-electron chi connectivity index (χ4n) is 2.86. The Morgan fingerprint density at radius 2 is 1.74 bits per heavy atom. The zero-order valence-corrected chi connectivity index (χ0v) is 12.2. The maximum atomic E-state index is 12.3. The van der Waals surface area contributed by atoms with E-state index in [4.69, 9.17) is 0 Å². The largest absolute Gasteiger partial charge is 0.341 e. The quantitative estimate of drug-likeness (QED) is 0.699. The first-order chi connectivity index (χ1) is 9.22. The van der Waals surface area contributed by atoms with Gasteiger partial charge in [0.15, 0.2) is 0 Å². The molecule has 2 aliphatic rings. The maximum Gasteiger partial charge on any atom is 0.239 e. The molecule has 0 aromatic heterocycles. The summed E-state index contributed by atoms with van der Waals surface area (Å²) in [5.41, 5.74) is 0. The Morgan fingerprint density at radius 3 is 2.32 bits per heavy atom. The lowest BCUT2D eigenvalue weighted by Crippen LogP contribution is -2.54. The highest BCUT2D eigenvalue weighted by molar-refractivity contribution is 5.81. The van der Waals surface area contributed by atoms with Gasteiger partial charge in [0, 0.05) is 39.3 Å². The third-order valence-corrected chi connectivity index (χ3v) is 4.21. The molecule has 2 rings (SSSR count). The van der Waals surface area contributed by atoms with E-state index < -0.39 is 0 Å². The van der Waals surface area contributed by atoms with Crippen LogP contribution in [0.4, 0.5) is 0 Å². The van der Waals surface area contributed by atoms with Crippen LogP contribution in [0.3, 0.4) is 0 Å². The molecular weight excluding hydrogens is 238 g/mol. The molecule has 4 heteroatoms. The van der Waals surface area contributed by atoms with Crippen molar-refractivity contribution < 1.29 is 4.79 Å². The smallest absolute Gasteiger partial charge is 0.239 e. The summed E-state index contributed by atoms with van der Waals surface area (Å²) < 4.78 is 0. The van der Waals surface area contributed by atoms with E-state index in [1.165, 1.54) is 12.8 Å². The number of amides is 1. The molecule has 0 spiro atoms. The lowest BCUT2D eigenvalue weighted by atomic mass is 10.2. The van der Waals surface area contributed by atoms with Crippen molar-refractivity contribution in [2.45, 2.75) is 32.7 Å². The van der Waals surface area contributed by atoms with Crippen LogP contribution in [0.25, 0.3) is 0 Å². The summed E-state index contributed by atoms with van der Waals surface area (Å²) in [5.74, 6) is 6.37. The molecule has 0 aromatic rings. The van der Waals surface area contributed by atoms with Crippen LogP contribution in [0.15, 0.2) is 0 Å². The van der Waals surface area contributed by atoms with Crippen molar-refractivity contribution in [1.82, 2.24) is 14.7 Å². The molecule has 0 aliphatic carbocycles. The van der Waals surface area contributed by atoms with Gasteiger partial charge in [0.2, 0.25) is 5.91 Å². The molecule has 1 atom stereocenters. The van der Waals surface area contributed by atoms with Crippen molar-refractivity contribution in [2.24, 2.45) is 0 Å². The number of rotatable bonds is 3. The van der Waals surface area contributed by atoms with Gasteiger partial charge in [-0.3, -0.25) is 14.6 Å². The van der Waals surface area contributed by atoms with Gasteiger partial charge in [-0.25, -0.2) is 0 Å². The Bertz CT molecular complexity index is 357. The molecule has 2 saturated heterocycles. The van der Waals surface area contributed by atoms with E-state index in [1.54, 1.807) is 0 Å². The van der Waals surface area contributed by atoms with E-state index in [0.717, 1.165) is 45.8 Å². The van der Waals surface area contributed by atoms with Crippen LogP contribution in [-0.4, -0.2) is 72.5 Å². The number of nitrogens with zero attached hydrogens (tertiary/aromatic N) is 3. The lowest BCUT2D eigenvalue weighted by Gasteiger charge is -2.37. The number of hydrogen-bond acceptors (Lipinski definition) is 3. The third-order valence-electron chi connectivity index (χ3n) is 4.21. The van der Waals surface area contributed by atoms with Gasteiger partial charge in [0.25, 0.3) is 0 Å². The molecule has 1 amide bonds. The van der Waals surface area contributed by atoms with Gasteiger partial charge in [-0.2, -0.15) is 0 Å². The van der Waals surface area contributed by atoms with Crippen molar-refractivity contribution in [3.8, 4) is 11.8 Å². The molecule has 0 N–H and O–H groups in total. The van der Waals surface area contributed by atoms with Crippen molar-refractivity contribution in [1.29, 1.82) is 0 Å². The highest BCUT2D eigenvalue weighted by Crippen LogP contribution is 2.13. The van der Waals surface area contributed by atoms with Gasteiger partial charge in [-0.05, 0) is 26.7 Å². The number of likely N-dealkylation sites (tertiary alicyclic amines) is 1. The summed E-state index contributed by atoms with van der Waals surface area (Å²) in [6.45, 7) is 10.7. The Labute approximate surface area is 116 Å². The summed E-state index contributed by atoms with van der Waals surface area (Å²) in [6, 6.07) is 0.0394. The van der Waals surface area contributed by atoms with Gasteiger partial charge in [0.1, 0.15) is 0 Å². The number of piperazine rings is 1. The van der Waals surface area contributed by atoms with Crippen LogP contribution in [0.1, 0.15) is 26.7 Å². The van der Waals surface area contributed by atoms with Crippen molar-refractivity contribution in [2.75, 3.05) is 45.8 Å². The Balaban J connectivity index is 1.79. The average Bonchev–Trinajstić information content (AvgIpc) is 2.98. The molecule has 2 aliphatic heterocycles. The van der Waals surface area contributed by atoms with Crippen molar-refractivity contribution >= 4 is 5.91 Å². The molecule has 2 heterocycles. The molecule has 4 nitrogen and oxygen atoms in total. The van der Waals surface area contributed by atoms with Crippen molar-refractivity contribution in [3.63, 3.8) is 0 Å². The maximum absolute atomic E-state index is 12.3. The fraction of sp³-hybridized carbons (Fsp3) is 0.800. The van der Waals surface area contributed by atoms with E-state index >= 15 is 0 Å². The van der Waals surface area contributed by atoms with E-state index in [0.29, 0.717) is 5.91 Å². The molecule has 0 aromatic carbocycles. The van der Waals surface area contributed by atoms with E-state index in [1.807, 2.05) is 11.8 Å². The fourth-order valence-corrected chi connectivity index (χ4v) is 2.86. The Hall–Kier alpha value is -1.05. The summed E-state index contributed by atoms with van der Waals surface area (Å²) in [5, 5.41) is 0. The van der Waals surface area contributed by atoms with Crippen LogP contribution in [0.5, 0.6) is 0 Å². The van der Waals surface area contributed by atoms with Crippen LogP contribution in [0, 0.1) is 11.8 Å². The number of carbonyl (C=O) groups is 1. The van der Waals surface area contributed by atoms with Gasteiger partial charge in [-0.1, -0.05) is 5.92 Å². The second kappa shape index (κ2) is 6.93. The topological polar surface area (TPSA) is 26.8 Å². The zero-order valence-electron chi connectivity index (χ0n) is 12.2. The Morgan fingerprint density at radius 1 is 1.11 bits per heavy atom. The van der Waals surface area contributed by atoms with Gasteiger partial charge in [0.05, 0.1) is 12.6 Å². The highest BCUT2D eigenvalue weighted by atomic mass is 16.2. The minimum Gasteiger partial charge on any atom is -0.341 e. The summed E-state index contributed by atoms with van der Waals surface area (Å²) in [7, 11) is 0. The summed E-state index contributed by atoms with van der Waals surface area (Å²) in [4.78, 5) is 19.1. The van der Waals surface area contributed by atoms with Crippen LogP contribution < -0.4 is 0 Å². The lowest BCUT2D eigenvalue weighted by molar-refractivity contribution is -0.136. The van der Waals surface area contributed by atoms with Crippen molar-refractivity contribution in [3.05, 3.63) is 0 Å². The number of carbonyl (C=O) groups excluding carboxylic acids is 1. The third kappa shape index (κ3) is 3.71. The highest BCUT2D eigenvalue weighted by Gasteiger charge is 2.29. The monoisotopic (exact) mass is 263 g/mol. The van der Waals surface area contributed by atoms with E-state index in [2.05, 4.69) is 28.6 Å². The molecule has 0 saturated carbocycles. The first-order valence-electron chi connectivity index (χ1n) is 7.37. The predicted octanol–water partition coefficient (Wildman–Crippen LogP) is 0.638.